The Morgan fingerprint density at radius 1 is 1.29 bits per heavy atom. The van der Waals surface area contributed by atoms with Gasteiger partial charge in [0.05, 0.1) is 17.3 Å². The number of pyridine rings is 2. The van der Waals surface area contributed by atoms with E-state index >= 15 is 0 Å². The molecule has 4 nitrogen and oxygen atoms in total. The van der Waals surface area contributed by atoms with Gasteiger partial charge in [-0.2, -0.15) is 0 Å². The van der Waals surface area contributed by atoms with Crippen molar-refractivity contribution in [2.24, 2.45) is 0 Å². The van der Waals surface area contributed by atoms with Crippen molar-refractivity contribution in [2.45, 2.75) is 33.0 Å². The SMILES string of the molecule is CC(C)NCc1cnc(N(C)Cc2ccccn2)c(Cl)c1. The van der Waals surface area contributed by atoms with E-state index in [9.17, 15) is 0 Å². The molecule has 0 amide bonds. The zero-order chi connectivity index (χ0) is 15.2. The first-order valence-electron chi connectivity index (χ1n) is 7.05. The second-order valence-electron chi connectivity index (χ2n) is 5.36. The van der Waals surface area contributed by atoms with Crippen LogP contribution in [0.2, 0.25) is 5.02 Å². The van der Waals surface area contributed by atoms with Gasteiger partial charge >= 0.3 is 0 Å². The highest BCUT2D eigenvalue weighted by atomic mass is 35.5. The molecular formula is C16H21ClN4. The van der Waals surface area contributed by atoms with Gasteiger partial charge < -0.3 is 10.2 Å². The zero-order valence-corrected chi connectivity index (χ0v) is 13.4. The van der Waals surface area contributed by atoms with Gasteiger partial charge in [-0.05, 0) is 23.8 Å². The fourth-order valence-corrected chi connectivity index (χ4v) is 2.31. The Labute approximate surface area is 131 Å². The Morgan fingerprint density at radius 3 is 2.71 bits per heavy atom. The van der Waals surface area contributed by atoms with Crippen molar-refractivity contribution in [3.8, 4) is 0 Å². The molecule has 0 unspecified atom stereocenters. The molecule has 2 heterocycles. The molecule has 112 valence electrons. The second kappa shape index (κ2) is 7.38. The first-order valence-corrected chi connectivity index (χ1v) is 7.43. The molecule has 0 aliphatic heterocycles. The lowest BCUT2D eigenvalue weighted by atomic mass is 10.2. The summed E-state index contributed by atoms with van der Waals surface area (Å²) >= 11 is 6.35. The number of aromatic nitrogens is 2. The highest BCUT2D eigenvalue weighted by Crippen LogP contribution is 2.24. The third kappa shape index (κ3) is 4.69. The summed E-state index contributed by atoms with van der Waals surface area (Å²) in [6.45, 7) is 5.68. The van der Waals surface area contributed by atoms with Gasteiger partial charge in [0.2, 0.25) is 0 Å². The first kappa shape index (κ1) is 15.7. The maximum atomic E-state index is 6.35. The lowest BCUT2D eigenvalue weighted by Gasteiger charge is -2.19. The number of anilines is 1. The highest BCUT2D eigenvalue weighted by molar-refractivity contribution is 6.33. The molecule has 2 aromatic heterocycles. The van der Waals surface area contributed by atoms with Gasteiger partial charge in [-0.1, -0.05) is 31.5 Å². The van der Waals surface area contributed by atoms with Crippen LogP contribution in [0.3, 0.4) is 0 Å². The van der Waals surface area contributed by atoms with Gasteiger partial charge in [0.1, 0.15) is 5.82 Å². The van der Waals surface area contributed by atoms with E-state index in [1.165, 1.54) is 0 Å². The minimum absolute atomic E-state index is 0.440. The van der Waals surface area contributed by atoms with Crippen LogP contribution in [0.1, 0.15) is 25.1 Å². The third-order valence-corrected chi connectivity index (χ3v) is 3.36. The average molecular weight is 305 g/mol. The van der Waals surface area contributed by atoms with Crippen LogP contribution in [0.15, 0.2) is 36.7 Å². The quantitative estimate of drug-likeness (QED) is 0.889. The molecule has 2 aromatic rings. The molecule has 0 saturated heterocycles. The van der Waals surface area contributed by atoms with E-state index in [0.717, 1.165) is 23.6 Å². The molecule has 0 radical (unpaired) electrons. The molecule has 0 saturated carbocycles. The predicted octanol–water partition coefficient (Wildman–Crippen LogP) is 3.26. The summed E-state index contributed by atoms with van der Waals surface area (Å²) < 4.78 is 0. The maximum absolute atomic E-state index is 6.35. The van der Waals surface area contributed by atoms with Crippen LogP contribution in [0.4, 0.5) is 5.82 Å². The topological polar surface area (TPSA) is 41.1 Å². The van der Waals surface area contributed by atoms with Gasteiger partial charge in [0.15, 0.2) is 0 Å². The Bertz CT molecular complexity index is 572. The van der Waals surface area contributed by atoms with Crippen LogP contribution in [-0.2, 0) is 13.1 Å². The number of nitrogens with one attached hydrogen (secondary N) is 1. The standard InChI is InChI=1S/C16H21ClN4/c1-12(2)19-9-13-8-15(17)16(20-10-13)21(3)11-14-6-4-5-7-18-14/h4-8,10,12,19H,9,11H2,1-3H3. The Morgan fingerprint density at radius 2 is 2.10 bits per heavy atom. The molecule has 0 bridgehead atoms. The Balaban J connectivity index is 2.06. The molecule has 0 atom stereocenters. The third-order valence-electron chi connectivity index (χ3n) is 3.08. The minimum Gasteiger partial charge on any atom is -0.353 e. The fraction of sp³-hybridized carbons (Fsp3) is 0.375. The fourth-order valence-electron chi connectivity index (χ4n) is 1.98. The normalized spacial score (nSPS) is 10.9. The van der Waals surface area contributed by atoms with Crippen molar-refractivity contribution >= 4 is 17.4 Å². The number of hydrogen-bond donors (Lipinski definition) is 1. The van der Waals surface area contributed by atoms with Crippen molar-refractivity contribution in [1.29, 1.82) is 0 Å². The van der Waals surface area contributed by atoms with Crippen LogP contribution in [-0.4, -0.2) is 23.1 Å². The van der Waals surface area contributed by atoms with E-state index in [-0.39, 0.29) is 0 Å². The Hall–Kier alpha value is -1.65. The number of hydrogen-bond acceptors (Lipinski definition) is 4. The van der Waals surface area contributed by atoms with Gasteiger partial charge in [0, 0.05) is 32.0 Å². The molecular weight excluding hydrogens is 284 g/mol. The summed E-state index contributed by atoms with van der Waals surface area (Å²) in [5.41, 5.74) is 2.08. The molecule has 2 rings (SSSR count). The summed E-state index contributed by atoms with van der Waals surface area (Å²) in [5, 5.41) is 4.02. The monoisotopic (exact) mass is 304 g/mol. The van der Waals surface area contributed by atoms with Crippen LogP contribution < -0.4 is 10.2 Å². The van der Waals surface area contributed by atoms with Crippen LogP contribution in [0.25, 0.3) is 0 Å². The van der Waals surface area contributed by atoms with Crippen molar-refractivity contribution in [2.75, 3.05) is 11.9 Å². The van der Waals surface area contributed by atoms with E-state index in [4.69, 9.17) is 11.6 Å². The van der Waals surface area contributed by atoms with E-state index in [0.29, 0.717) is 17.6 Å². The highest BCUT2D eigenvalue weighted by Gasteiger charge is 2.10. The van der Waals surface area contributed by atoms with E-state index in [2.05, 4.69) is 29.1 Å². The summed E-state index contributed by atoms with van der Waals surface area (Å²) in [6, 6.07) is 8.28. The van der Waals surface area contributed by atoms with E-state index in [1.807, 2.05) is 42.4 Å². The van der Waals surface area contributed by atoms with Gasteiger partial charge in [-0.15, -0.1) is 0 Å². The van der Waals surface area contributed by atoms with Gasteiger partial charge in [-0.25, -0.2) is 4.98 Å². The molecule has 1 N–H and O–H groups in total. The summed E-state index contributed by atoms with van der Waals surface area (Å²) in [6.07, 6.45) is 3.66. The summed E-state index contributed by atoms with van der Waals surface area (Å²) in [4.78, 5) is 10.8. The molecule has 0 aliphatic carbocycles. The minimum atomic E-state index is 0.440. The van der Waals surface area contributed by atoms with Gasteiger partial charge in [-0.3, -0.25) is 4.98 Å². The summed E-state index contributed by atoms with van der Waals surface area (Å²) in [5.74, 6) is 0.774. The smallest absolute Gasteiger partial charge is 0.147 e. The van der Waals surface area contributed by atoms with Crippen LogP contribution in [0.5, 0.6) is 0 Å². The summed E-state index contributed by atoms with van der Waals surface area (Å²) in [7, 11) is 1.97. The van der Waals surface area contributed by atoms with E-state index in [1.54, 1.807) is 6.20 Å². The van der Waals surface area contributed by atoms with E-state index < -0.39 is 0 Å². The predicted molar refractivity (Wildman–Crippen MR) is 87.6 cm³/mol. The average Bonchev–Trinajstić information content (AvgIpc) is 2.46. The lowest BCUT2D eigenvalue weighted by molar-refractivity contribution is 0.588. The molecule has 0 fully saturated rings. The largest absolute Gasteiger partial charge is 0.353 e. The number of rotatable bonds is 6. The van der Waals surface area contributed by atoms with Crippen molar-refractivity contribution in [1.82, 2.24) is 15.3 Å². The van der Waals surface area contributed by atoms with Crippen molar-refractivity contribution in [3.05, 3.63) is 52.9 Å². The zero-order valence-electron chi connectivity index (χ0n) is 12.7. The second-order valence-corrected chi connectivity index (χ2v) is 5.77. The molecule has 0 aromatic carbocycles. The van der Waals surface area contributed by atoms with Crippen molar-refractivity contribution < 1.29 is 0 Å². The molecule has 21 heavy (non-hydrogen) atoms. The first-order chi connectivity index (χ1) is 10.1. The number of halogens is 1. The maximum Gasteiger partial charge on any atom is 0.147 e. The Kier molecular flexibility index (Phi) is 5.53. The molecule has 5 heteroatoms. The van der Waals surface area contributed by atoms with Gasteiger partial charge in [0.25, 0.3) is 0 Å². The van der Waals surface area contributed by atoms with Crippen molar-refractivity contribution in [3.63, 3.8) is 0 Å². The van der Waals surface area contributed by atoms with Crippen LogP contribution >= 0.6 is 11.6 Å². The molecule has 0 spiro atoms. The molecule has 0 aliphatic rings. The lowest BCUT2D eigenvalue weighted by Crippen LogP contribution is -2.22. The number of nitrogens with zero attached hydrogens (tertiary/aromatic N) is 3. The van der Waals surface area contributed by atoms with Crippen LogP contribution in [0, 0.1) is 0 Å².